The van der Waals surface area contributed by atoms with Crippen LogP contribution in [0, 0.1) is 11.6 Å². The summed E-state index contributed by atoms with van der Waals surface area (Å²) in [6, 6.07) is 3.26. The molecule has 26 heavy (non-hydrogen) atoms. The summed E-state index contributed by atoms with van der Waals surface area (Å²) in [5.74, 6) is -1.97. The van der Waals surface area contributed by atoms with Crippen molar-refractivity contribution in [1.29, 1.82) is 0 Å². The molecule has 1 aromatic carbocycles. The molecule has 3 aromatic heterocycles. The lowest BCUT2D eigenvalue weighted by molar-refractivity contribution is 0.567. The summed E-state index contributed by atoms with van der Waals surface area (Å²) in [5.41, 5.74) is 4.79. The molecule has 8 nitrogen and oxygen atoms in total. The van der Waals surface area contributed by atoms with Gasteiger partial charge in [0.15, 0.2) is 5.82 Å². The van der Waals surface area contributed by atoms with Crippen LogP contribution in [0.3, 0.4) is 0 Å². The Morgan fingerprint density at radius 1 is 1.15 bits per heavy atom. The van der Waals surface area contributed by atoms with Crippen molar-refractivity contribution in [2.24, 2.45) is 0 Å². The summed E-state index contributed by atoms with van der Waals surface area (Å²) in [4.78, 5) is 30.4. The van der Waals surface area contributed by atoms with Crippen LogP contribution in [-0.2, 0) is 0 Å². The van der Waals surface area contributed by atoms with Crippen molar-refractivity contribution >= 4 is 16.7 Å². The summed E-state index contributed by atoms with van der Waals surface area (Å²) in [5, 5.41) is 6.36. The lowest BCUT2D eigenvalue weighted by Gasteiger charge is -2.11. The minimum atomic E-state index is -0.922. The molecule has 0 spiro atoms. The van der Waals surface area contributed by atoms with E-state index in [-0.39, 0.29) is 28.0 Å². The van der Waals surface area contributed by atoms with Crippen LogP contribution >= 0.6 is 0 Å². The maximum absolute atomic E-state index is 14.2. The minimum absolute atomic E-state index is 0.0434. The summed E-state index contributed by atoms with van der Waals surface area (Å²) in [6.45, 7) is 0. The fourth-order valence-corrected chi connectivity index (χ4v) is 2.71. The van der Waals surface area contributed by atoms with Crippen LogP contribution in [0.4, 0.5) is 14.6 Å². The van der Waals surface area contributed by atoms with Crippen molar-refractivity contribution in [1.82, 2.24) is 24.7 Å². The second kappa shape index (κ2) is 5.62. The van der Waals surface area contributed by atoms with Crippen molar-refractivity contribution in [3.8, 4) is 16.9 Å². The summed E-state index contributed by atoms with van der Waals surface area (Å²) >= 11 is 0. The van der Waals surface area contributed by atoms with Crippen LogP contribution in [0.25, 0.3) is 27.8 Å². The average molecular weight is 356 g/mol. The summed E-state index contributed by atoms with van der Waals surface area (Å²) in [6.07, 6.45) is 3.56. The molecule has 0 aliphatic heterocycles. The van der Waals surface area contributed by atoms with Gasteiger partial charge in [-0.3, -0.25) is 19.3 Å². The molecule has 0 radical (unpaired) electrons. The Balaban J connectivity index is 2.14. The lowest BCUT2D eigenvalue weighted by atomic mass is 10.1. The monoisotopic (exact) mass is 356 g/mol. The predicted octanol–water partition coefficient (Wildman–Crippen LogP) is 1.32. The number of nitrogens with zero attached hydrogens (tertiary/aromatic N) is 3. The Kier molecular flexibility index (Phi) is 3.39. The molecule has 0 unspecified atom stereocenters. The first kappa shape index (κ1) is 15.7. The molecule has 0 bridgehead atoms. The minimum Gasteiger partial charge on any atom is -0.382 e. The van der Waals surface area contributed by atoms with Crippen LogP contribution in [-0.4, -0.2) is 24.7 Å². The van der Waals surface area contributed by atoms with Crippen molar-refractivity contribution < 1.29 is 8.78 Å². The fourth-order valence-electron chi connectivity index (χ4n) is 2.71. The van der Waals surface area contributed by atoms with Gasteiger partial charge in [0.1, 0.15) is 22.7 Å². The number of hydrogen-bond donors (Lipinski definition) is 3. The Labute approximate surface area is 142 Å². The molecule has 0 saturated carbocycles. The van der Waals surface area contributed by atoms with Gasteiger partial charge in [-0.1, -0.05) is 6.07 Å². The molecular formula is C16H10F2N6O2. The second-order valence-corrected chi connectivity index (χ2v) is 5.44. The zero-order valence-electron chi connectivity index (χ0n) is 13.0. The smallest absolute Gasteiger partial charge is 0.268 e. The molecule has 0 fully saturated rings. The van der Waals surface area contributed by atoms with Crippen molar-refractivity contribution in [3.05, 3.63) is 69.1 Å². The van der Waals surface area contributed by atoms with E-state index in [1.165, 1.54) is 18.5 Å². The predicted molar refractivity (Wildman–Crippen MR) is 89.9 cm³/mol. The van der Waals surface area contributed by atoms with Gasteiger partial charge in [-0.2, -0.15) is 5.10 Å². The first-order valence-electron chi connectivity index (χ1n) is 7.36. The number of aromatic amines is 2. The molecule has 130 valence electrons. The number of H-pyrrole nitrogens is 2. The number of rotatable bonds is 2. The third-order valence-electron chi connectivity index (χ3n) is 3.88. The van der Waals surface area contributed by atoms with Crippen LogP contribution in [0.1, 0.15) is 0 Å². The van der Waals surface area contributed by atoms with Crippen molar-refractivity contribution in [2.75, 3.05) is 5.73 Å². The zero-order valence-corrected chi connectivity index (χ0v) is 13.0. The van der Waals surface area contributed by atoms with E-state index in [4.69, 9.17) is 5.73 Å². The van der Waals surface area contributed by atoms with E-state index in [1.54, 1.807) is 0 Å². The molecule has 3 heterocycles. The molecule has 0 aliphatic rings. The Hall–Kier alpha value is -3.82. The Morgan fingerprint density at radius 3 is 2.54 bits per heavy atom. The van der Waals surface area contributed by atoms with Gasteiger partial charge in [0, 0.05) is 18.0 Å². The quantitative estimate of drug-likeness (QED) is 0.500. The number of benzene rings is 1. The van der Waals surface area contributed by atoms with Gasteiger partial charge >= 0.3 is 0 Å². The first-order chi connectivity index (χ1) is 12.5. The van der Waals surface area contributed by atoms with Gasteiger partial charge in [0.25, 0.3) is 11.1 Å². The highest BCUT2D eigenvalue weighted by atomic mass is 19.1. The van der Waals surface area contributed by atoms with Gasteiger partial charge in [0.05, 0.1) is 17.4 Å². The molecule has 4 aromatic rings. The number of aromatic nitrogens is 5. The lowest BCUT2D eigenvalue weighted by Crippen LogP contribution is -2.21. The number of fused-ring (bicyclic) bond motifs is 1. The molecule has 0 saturated heterocycles. The van der Waals surface area contributed by atoms with E-state index in [0.29, 0.717) is 0 Å². The number of nitrogens with one attached hydrogen (secondary N) is 2. The molecule has 0 amide bonds. The molecule has 4 rings (SSSR count). The zero-order chi connectivity index (χ0) is 18.4. The third-order valence-corrected chi connectivity index (χ3v) is 3.88. The van der Waals surface area contributed by atoms with Gasteiger partial charge in [0.2, 0.25) is 0 Å². The Bertz CT molecular complexity index is 1230. The number of nitrogen functional groups attached to an aromatic ring is 1. The van der Waals surface area contributed by atoms with E-state index >= 15 is 0 Å². The normalized spacial score (nSPS) is 11.2. The van der Waals surface area contributed by atoms with Crippen molar-refractivity contribution in [3.63, 3.8) is 0 Å². The maximum Gasteiger partial charge on any atom is 0.268 e. The SMILES string of the molecule is Nc1n[nH]c2c(-c3c[nH]c(=O)cn3)cn(-c3c(F)cccc3F)c(=O)c12. The van der Waals surface area contributed by atoms with Gasteiger partial charge in [-0.15, -0.1) is 0 Å². The molecular weight excluding hydrogens is 346 g/mol. The Morgan fingerprint density at radius 2 is 1.88 bits per heavy atom. The van der Waals surface area contributed by atoms with Gasteiger partial charge < -0.3 is 10.7 Å². The van der Waals surface area contributed by atoms with E-state index in [1.807, 2.05) is 0 Å². The molecule has 0 aliphatic carbocycles. The highest BCUT2D eigenvalue weighted by molar-refractivity contribution is 5.97. The number of anilines is 1. The summed E-state index contributed by atoms with van der Waals surface area (Å²) in [7, 11) is 0. The van der Waals surface area contributed by atoms with E-state index < -0.39 is 28.4 Å². The van der Waals surface area contributed by atoms with Crippen molar-refractivity contribution in [2.45, 2.75) is 0 Å². The number of pyridine rings is 1. The summed E-state index contributed by atoms with van der Waals surface area (Å²) < 4.78 is 29.2. The van der Waals surface area contributed by atoms with Gasteiger partial charge in [-0.25, -0.2) is 13.8 Å². The van der Waals surface area contributed by atoms with E-state index in [0.717, 1.165) is 22.9 Å². The van der Waals surface area contributed by atoms with Gasteiger partial charge in [-0.05, 0) is 12.1 Å². The van der Waals surface area contributed by atoms with E-state index in [2.05, 4.69) is 20.2 Å². The van der Waals surface area contributed by atoms with Crippen LogP contribution in [0.2, 0.25) is 0 Å². The maximum atomic E-state index is 14.2. The number of hydrogen-bond acceptors (Lipinski definition) is 5. The molecule has 10 heteroatoms. The molecule has 0 atom stereocenters. The van der Waals surface area contributed by atoms with E-state index in [9.17, 15) is 18.4 Å². The largest absolute Gasteiger partial charge is 0.382 e. The standard InChI is InChI=1S/C16H10F2N6O2/c17-8-2-1-3-9(18)14(8)24-6-7(10-4-21-11(25)5-20-10)13-12(16(24)26)15(19)23-22-13/h1-6H,(H,21,25)(H3,19,22,23). The number of halogens is 2. The van der Waals surface area contributed by atoms with Crippen LogP contribution in [0.15, 0.2) is 46.4 Å². The average Bonchev–Trinajstić information content (AvgIpc) is 3.00. The third kappa shape index (κ3) is 2.27. The van der Waals surface area contributed by atoms with Crippen LogP contribution in [0.5, 0.6) is 0 Å². The highest BCUT2D eigenvalue weighted by Gasteiger charge is 2.20. The highest BCUT2D eigenvalue weighted by Crippen LogP contribution is 2.27. The number of nitrogens with two attached hydrogens (primary N) is 1. The topological polar surface area (TPSA) is 122 Å². The fraction of sp³-hybridized carbons (Fsp3) is 0. The second-order valence-electron chi connectivity index (χ2n) is 5.44. The first-order valence-corrected chi connectivity index (χ1v) is 7.36. The number of para-hydroxylation sites is 1. The van der Waals surface area contributed by atoms with Crippen LogP contribution < -0.4 is 16.9 Å². The molecule has 4 N–H and O–H groups in total.